The molecule has 2 rings (SSSR count). The van der Waals surface area contributed by atoms with Gasteiger partial charge in [-0.15, -0.1) is 24.5 Å². The molecule has 0 aliphatic heterocycles. The lowest BCUT2D eigenvalue weighted by molar-refractivity contribution is -0.274. The third-order valence-electron chi connectivity index (χ3n) is 2.21. The summed E-state index contributed by atoms with van der Waals surface area (Å²) in [6, 6.07) is 5.72. The van der Waals surface area contributed by atoms with Crippen LogP contribution in [-0.2, 0) is 6.54 Å². The van der Waals surface area contributed by atoms with Crippen LogP contribution in [0.15, 0.2) is 29.6 Å². The van der Waals surface area contributed by atoms with Gasteiger partial charge >= 0.3 is 6.36 Å². The van der Waals surface area contributed by atoms with Crippen LogP contribution in [0.4, 0.5) is 18.9 Å². The molecular formula is C12H11F3N2OS. The number of hydrogen-bond acceptors (Lipinski definition) is 4. The van der Waals surface area contributed by atoms with E-state index in [1.807, 2.05) is 12.3 Å². The SMILES string of the molecule is Cc1nc(CNc2cccc(OC(F)(F)F)c2)cs1. The Hall–Kier alpha value is -1.76. The van der Waals surface area contributed by atoms with Gasteiger partial charge in [0.1, 0.15) is 5.75 Å². The van der Waals surface area contributed by atoms with Gasteiger partial charge in [-0.3, -0.25) is 0 Å². The number of nitrogens with one attached hydrogen (secondary N) is 1. The van der Waals surface area contributed by atoms with E-state index in [1.54, 1.807) is 6.07 Å². The normalized spacial score (nSPS) is 11.4. The second kappa shape index (κ2) is 5.48. The maximum atomic E-state index is 12.1. The molecule has 0 saturated carbocycles. The van der Waals surface area contributed by atoms with Gasteiger partial charge in [-0.2, -0.15) is 0 Å². The summed E-state index contributed by atoms with van der Waals surface area (Å²) < 4.78 is 40.1. The number of nitrogens with zero attached hydrogens (tertiary/aromatic N) is 1. The van der Waals surface area contributed by atoms with E-state index in [0.29, 0.717) is 12.2 Å². The van der Waals surface area contributed by atoms with E-state index in [4.69, 9.17) is 0 Å². The first-order valence-corrected chi connectivity index (χ1v) is 6.31. The van der Waals surface area contributed by atoms with Crippen LogP contribution in [-0.4, -0.2) is 11.3 Å². The number of alkyl halides is 3. The van der Waals surface area contributed by atoms with Crippen molar-refractivity contribution < 1.29 is 17.9 Å². The Morgan fingerprint density at radius 1 is 1.37 bits per heavy atom. The average molecular weight is 288 g/mol. The molecule has 2 aromatic rings. The molecule has 3 nitrogen and oxygen atoms in total. The third-order valence-corrected chi connectivity index (χ3v) is 3.03. The highest BCUT2D eigenvalue weighted by Crippen LogP contribution is 2.25. The summed E-state index contributed by atoms with van der Waals surface area (Å²) in [5, 5.41) is 5.85. The number of thiazole rings is 1. The van der Waals surface area contributed by atoms with Crippen molar-refractivity contribution in [2.24, 2.45) is 0 Å². The van der Waals surface area contributed by atoms with E-state index in [1.165, 1.54) is 29.5 Å². The first-order valence-electron chi connectivity index (χ1n) is 5.43. The van der Waals surface area contributed by atoms with Gasteiger partial charge < -0.3 is 10.1 Å². The molecule has 0 unspecified atom stereocenters. The topological polar surface area (TPSA) is 34.2 Å². The Bertz CT molecular complexity index is 554. The smallest absolute Gasteiger partial charge is 0.406 e. The van der Waals surface area contributed by atoms with E-state index >= 15 is 0 Å². The van der Waals surface area contributed by atoms with Crippen molar-refractivity contribution >= 4 is 17.0 Å². The number of rotatable bonds is 4. The Morgan fingerprint density at radius 3 is 2.79 bits per heavy atom. The van der Waals surface area contributed by atoms with Crippen LogP contribution in [0.5, 0.6) is 5.75 Å². The molecule has 0 atom stereocenters. The number of halogens is 3. The first-order chi connectivity index (χ1) is 8.92. The van der Waals surface area contributed by atoms with Crippen molar-refractivity contribution in [3.8, 4) is 5.75 Å². The maximum absolute atomic E-state index is 12.1. The molecule has 0 amide bonds. The fourth-order valence-electron chi connectivity index (χ4n) is 1.49. The molecule has 0 aliphatic carbocycles. The standard InChI is InChI=1S/C12H11F3N2OS/c1-8-17-10(7-19-8)6-16-9-3-2-4-11(5-9)18-12(13,14)15/h2-5,7,16H,6H2,1H3. The molecular weight excluding hydrogens is 277 g/mol. The molecule has 7 heteroatoms. The summed E-state index contributed by atoms with van der Waals surface area (Å²) in [5.74, 6) is -0.244. The van der Waals surface area contributed by atoms with Crippen LogP contribution < -0.4 is 10.1 Å². The second-order valence-corrected chi connectivity index (χ2v) is 4.85. The van der Waals surface area contributed by atoms with Crippen molar-refractivity contribution in [1.29, 1.82) is 0 Å². The van der Waals surface area contributed by atoms with Gasteiger partial charge in [0.15, 0.2) is 0 Å². The fourth-order valence-corrected chi connectivity index (χ4v) is 2.10. The number of ether oxygens (including phenoxy) is 1. The van der Waals surface area contributed by atoms with Gasteiger partial charge in [0, 0.05) is 17.1 Å². The Balaban J connectivity index is 1.99. The largest absolute Gasteiger partial charge is 0.573 e. The molecule has 1 aromatic heterocycles. The monoisotopic (exact) mass is 288 g/mol. The summed E-state index contributed by atoms with van der Waals surface area (Å²) >= 11 is 1.53. The quantitative estimate of drug-likeness (QED) is 0.924. The van der Waals surface area contributed by atoms with Crippen LogP contribution in [0, 0.1) is 6.92 Å². The van der Waals surface area contributed by atoms with E-state index in [2.05, 4.69) is 15.0 Å². The first kappa shape index (κ1) is 13.7. The molecule has 1 heterocycles. The van der Waals surface area contributed by atoms with Crippen LogP contribution in [0.3, 0.4) is 0 Å². The highest BCUT2D eigenvalue weighted by Gasteiger charge is 2.31. The Kier molecular flexibility index (Phi) is 3.94. The van der Waals surface area contributed by atoms with Gasteiger partial charge in [0.2, 0.25) is 0 Å². The van der Waals surface area contributed by atoms with Gasteiger partial charge in [0.25, 0.3) is 0 Å². The number of anilines is 1. The van der Waals surface area contributed by atoms with Gasteiger partial charge in [-0.05, 0) is 19.1 Å². The molecule has 0 fully saturated rings. The van der Waals surface area contributed by atoms with E-state index in [-0.39, 0.29) is 5.75 Å². The molecule has 0 saturated heterocycles. The summed E-state index contributed by atoms with van der Waals surface area (Å²) in [6.45, 7) is 2.35. The van der Waals surface area contributed by atoms with Crippen LogP contribution >= 0.6 is 11.3 Å². The second-order valence-electron chi connectivity index (χ2n) is 3.79. The molecule has 1 aromatic carbocycles. The number of hydrogen-bond donors (Lipinski definition) is 1. The van der Waals surface area contributed by atoms with Crippen molar-refractivity contribution in [2.75, 3.05) is 5.32 Å². The summed E-state index contributed by atoms with van der Waals surface area (Å²) in [4.78, 5) is 4.25. The molecule has 0 spiro atoms. The van der Waals surface area contributed by atoms with Crippen molar-refractivity contribution in [3.05, 3.63) is 40.3 Å². The molecule has 0 bridgehead atoms. The average Bonchev–Trinajstić information content (AvgIpc) is 2.71. The summed E-state index contributed by atoms with van der Waals surface area (Å²) in [6.07, 6.45) is -4.68. The zero-order valence-electron chi connectivity index (χ0n) is 9.99. The van der Waals surface area contributed by atoms with Crippen LogP contribution in [0.2, 0.25) is 0 Å². The van der Waals surface area contributed by atoms with Crippen molar-refractivity contribution in [3.63, 3.8) is 0 Å². The predicted octanol–water partition coefficient (Wildman–Crippen LogP) is 3.96. The molecule has 102 valence electrons. The van der Waals surface area contributed by atoms with Gasteiger partial charge in [-0.1, -0.05) is 6.07 Å². The maximum Gasteiger partial charge on any atom is 0.573 e. The summed E-state index contributed by atoms with van der Waals surface area (Å²) in [7, 11) is 0. The van der Waals surface area contributed by atoms with Gasteiger partial charge in [0.05, 0.1) is 17.2 Å². The summed E-state index contributed by atoms with van der Waals surface area (Å²) in [5.41, 5.74) is 1.40. The van der Waals surface area contributed by atoms with Crippen LogP contribution in [0.1, 0.15) is 10.7 Å². The van der Waals surface area contributed by atoms with Crippen molar-refractivity contribution in [1.82, 2.24) is 4.98 Å². The lowest BCUT2D eigenvalue weighted by Crippen LogP contribution is -2.17. The molecule has 1 N–H and O–H groups in total. The zero-order valence-corrected chi connectivity index (χ0v) is 10.8. The Morgan fingerprint density at radius 2 is 2.16 bits per heavy atom. The Labute approximate surface area is 112 Å². The lowest BCUT2D eigenvalue weighted by atomic mass is 10.3. The molecule has 0 radical (unpaired) electrons. The minimum absolute atomic E-state index is 0.244. The lowest BCUT2D eigenvalue weighted by Gasteiger charge is -2.10. The number of benzene rings is 1. The zero-order chi connectivity index (χ0) is 13.9. The highest BCUT2D eigenvalue weighted by atomic mass is 32.1. The van der Waals surface area contributed by atoms with E-state index < -0.39 is 6.36 Å². The van der Waals surface area contributed by atoms with E-state index in [0.717, 1.165) is 10.7 Å². The number of aromatic nitrogens is 1. The molecule has 0 aliphatic rings. The predicted molar refractivity (Wildman–Crippen MR) is 67.3 cm³/mol. The fraction of sp³-hybridized carbons (Fsp3) is 0.250. The number of aryl methyl sites for hydroxylation is 1. The van der Waals surface area contributed by atoms with Gasteiger partial charge in [-0.25, -0.2) is 4.98 Å². The van der Waals surface area contributed by atoms with Crippen LogP contribution in [0.25, 0.3) is 0 Å². The molecule has 19 heavy (non-hydrogen) atoms. The van der Waals surface area contributed by atoms with E-state index in [9.17, 15) is 13.2 Å². The minimum atomic E-state index is -4.68. The minimum Gasteiger partial charge on any atom is -0.406 e. The highest BCUT2D eigenvalue weighted by molar-refractivity contribution is 7.09. The van der Waals surface area contributed by atoms with Crippen molar-refractivity contribution in [2.45, 2.75) is 19.8 Å². The third kappa shape index (κ3) is 4.44.